The van der Waals surface area contributed by atoms with Gasteiger partial charge in [-0.25, -0.2) is 0 Å². The predicted molar refractivity (Wildman–Crippen MR) is 59.4 cm³/mol. The number of benzene rings is 1. The van der Waals surface area contributed by atoms with Crippen molar-refractivity contribution >= 4 is 6.29 Å². The summed E-state index contributed by atoms with van der Waals surface area (Å²) in [4.78, 5) is 10.5. The number of unbranched alkanes of at least 4 members (excludes halogenated alkanes) is 2. The Morgan fingerprint density at radius 2 is 1.86 bits per heavy atom. The third-order valence-corrected chi connectivity index (χ3v) is 2.47. The summed E-state index contributed by atoms with van der Waals surface area (Å²) in [5.41, 5.74) is 2.53. The van der Waals surface area contributed by atoms with Crippen LogP contribution >= 0.6 is 0 Å². The second-order valence-corrected chi connectivity index (χ2v) is 3.60. The molecule has 0 atom stereocenters. The maximum absolute atomic E-state index is 10.5. The molecule has 0 fully saturated rings. The van der Waals surface area contributed by atoms with Gasteiger partial charge < -0.3 is 4.79 Å². The number of carbonyl (C=O) groups excluding carboxylic acids is 1. The molecule has 0 N–H and O–H groups in total. The monoisotopic (exact) mass is 190 g/mol. The lowest BCUT2D eigenvalue weighted by Crippen LogP contribution is -1.95. The van der Waals surface area contributed by atoms with Crippen molar-refractivity contribution in [3.05, 3.63) is 35.4 Å². The fourth-order valence-electron chi connectivity index (χ4n) is 1.66. The molecular weight excluding hydrogens is 172 g/mol. The van der Waals surface area contributed by atoms with E-state index in [1.54, 1.807) is 0 Å². The zero-order valence-electron chi connectivity index (χ0n) is 8.83. The Bertz CT molecular complexity index is 278. The molecule has 1 heteroatoms. The van der Waals surface area contributed by atoms with E-state index in [1.807, 2.05) is 6.07 Å². The van der Waals surface area contributed by atoms with Crippen LogP contribution in [0.1, 0.15) is 37.3 Å². The van der Waals surface area contributed by atoms with Gasteiger partial charge in [0, 0.05) is 6.42 Å². The zero-order valence-corrected chi connectivity index (χ0v) is 8.83. The number of aryl methyl sites for hydroxylation is 1. The van der Waals surface area contributed by atoms with Crippen LogP contribution in [0.25, 0.3) is 0 Å². The van der Waals surface area contributed by atoms with Crippen LogP contribution in [0, 0.1) is 0 Å². The predicted octanol–water partition coefficient (Wildman–Crippen LogP) is 3.16. The summed E-state index contributed by atoms with van der Waals surface area (Å²) in [6.45, 7) is 2.21. The maximum Gasteiger partial charge on any atom is 0.124 e. The fraction of sp³-hybridized carbons (Fsp3) is 0.462. The highest BCUT2D eigenvalue weighted by Crippen LogP contribution is 2.12. The third-order valence-electron chi connectivity index (χ3n) is 2.47. The maximum atomic E-state index is 10.5. The van der Waals surface area contributed by atoms with Crippen molar-refractivity contribution < 1.29 is 4.79 Å². The first-order valence-corrected chi connectivity index (χ1v) is 5.39. The number of aldehydes is 1. The van der Waals surface area contributed by atoms with E-state index in [9.17, 15) is 4.79 Å². The molecule has 0 saturated carbocycles. The molecule has 0 aliphatic rings. The highest BCUT2D eigenvalue weighted by molar-refractivity contribution is 5.56. The molecule has 0 heterocycles. The van der Waals surface area contributed by atoms with Crippen molar-refractivity contribution in [2.24, 2.45) is 0 Å². The third kappa shape index (κ3) is 3.33. The molecular formula is C13H18O. The van der Waals surface area contributed by atoms with Gasteiger partial charge in [-0.05, 0) is 24.0 Å². The molecule has 1 nitrogen and oxygen atoms in total. The van der Waals surface area contributed by atoms with Crippen molar-refractivity contribution in [2.45, 2.75) is 39.0 Å². The highest BCUT2D eigenvalue weighted by Gasteiger charge is 1.99. The Balaban J connectivity index is 2.59. The van der Waals surface area contributed by atoms with Crippen LogP contribution in [0.5, 0.6) is 0 Å². The van der Waals surface area contributed by atoms with Crippen molar-refractivity contribution in [2.75, 3.05) is 0 Å². The zero-order chi connectivity index (χ0) is 10.2. The lowest BCUT2D eigenvalue weighted by Gasteiger charge is -2.05. The first kappa shape index (κ1) is 11.0. The Labute approximate surface area is 86.1 Å². The second kappa shape index (κ2) is 6.36. The van der Waals surface area contributed by atoms with Crippen LogP contribution in [-0.4, -0.2) is 6.29 Å². The minimum absolute atomic E-state index is 0.558. The molecule has 0 aliphatic carbocycles. The van der Waals surface area contributed by atoms with E-state index in [0.29, 0.717) is 6.42 Å². The summed E-state index contributed by atoms with van der Waals surface area (Å²) in [5.74, 6) is 0. The molecule has 0 aromatic heterocycles. The van der Waals surface area contributed by atoms with E-state index >= 15 is 0 Å². The summed E-state index contributed by atoms with van der Waals surface area (Å²) in [6.07, 6.45) is 6.40. The van der Waals surface area contributed by atoms with Crippen molar-refractivity contribution in [1.29, 1.82) is 0 Å². The molecule has 0 amide bonds. The molecule has 76 valence electrons. The summed E-state index contributed by atoms with van der Waals surface area (Å²) < 4.78 is 0. The van der Waals surface area contributed by atoms with Gasteiger partial charge in [-0.15, -0.1) is 0 Å². The smallest absolute Gasteiger partial charge is 0.124 e. The highest BCUT2D eigenvalue weighted by atomic mass is 16.1. The van der Waals surface area contributed by atoms with E-state index in [1.165, 1.54) is 30.4 Å². The van der Waals surface area contributed by atoms with Gasteiger partial charge in [0.05, 0.1) is 0 Å². The van der Waals surface area contributed by atoms with Gasteiger partial charge in [-0.1, -0.05) is 44.0 Å². The molecule has 0 unspecified atom stereocenters. The summed E-state index contributed by atoms with van der Waals surface area (Å²) in [7, 11) is 0. The summed E-state index contributed by atoms with van der Waals surface area (Å²) in [6, 6.07) is 8.24. The molecule has 0 radical (unpaired) electrons. The summed E-state index contributed by atoms with van der Waals surface area (Å²) >= 11 is 0. The Kier molecular flexibility index (Phi) is 4.98. The van der Waals surface area contributed by atoms with Gasteiger partial charge in [0.1, 0.15) is 6.29 Å². The first-order chi connectivity index (χ1) is 6.88. The van der Waals surface area contributed by atoms with Crippen LogP contribution in [0.3, 0.4) is 0 Å². The lowest BCUT2D eigenvalue weighted by atomic mass is 10.00. The molecule has 0 bridgehead atoms. The van der Waals surface area contributed by atoms with Crippen LogP contribution in [-0.2, 0) is 17.6 Å². The number of hydrogen-bond acceptors (Lipinski definition) is 1. The number of carbonyl (C=O) groups is 1. The molecule has 1 rings (SSSR count). The van der Waals surface area contributed by atoms with Gasteiger partial charge >= 0.3 is 0 Å². The normalized spacial score (nSPS) is 10.1. The average molecular weight is 190 g/mol. The van der Waals surface area contributed by atoms with Crippen molar-refractivity contribution in [1.82, 2.24) is 0 Å². The topological polar surface area (TPSA) is 17.1 Å². The van der Waals surface area contributed by atoms with Crippen LogP contribution < -0.4 is 0 Å². The van der Waals surface area contributed by atoms with Crippen LogP contribution in [0.4, 0.5) is 0 Å². The van der Waals surface area contributed by atoms with E-state index < -0.39 is 0 Å². The first-order valence-electron chi connectivity index (χ1n) is 5.39. The Morgan fingerprint density at radius 3 is 2.50 bits per heavy atom. The van der Waals surface area contributed by atoms with Gasteiger partial charge in [0.15, 0.2) is 0 Å². The average Bonchev–Trinajstić information content (AvgIpc) is 2.21. The Morgan fingerprint density at radius 1 is 1.14 bits per heavy atom. The van der Waals surface area contributed by atoms with Gasteiger partial charge in [0.2, 0.25) is 0 Å². The van der Waals surface area contributed by atoms with Gasteiger partial charge in [-0.3, -0.25) is 0 Å². The van der Waals surface area contributed by atoms with E-state index in [0.717, 1.165) is 12.7 Å². The molecule has 0 aliphatic heterocycles. The minimum atomic E-state index is 0.558. The molecule has 0 saturated heterocycles. The Hall–Kier alpha value is -1.11. The molecule has 14 heavy (non-hydrogen) atoms. The number of hydrogen-bond donors (Lipinski definition) is 0. The van der Waals surface area contributed by atoms with Crippen molar-refractivity contribution in [3.8, 4) is 0 Å². The minimum Gasteiger partial charge on any atom is -0.303 e. The SMILES string of the molecule is CCCCCc1ccccc1CC=O. The fourth-order valence-corrected chi connectivity index (χ4v) is 1.66. The number of rotatable bonds is 6. The standard InChI is InChI=1S/C13H18O/c1-2-3-4-7-12-8-5-6-9-13(12)10-11-14/h5-6,8-9,11H,2-4,7,10H2,1H3. The van der Waals surface area contributed by atoms with Crippen molar-refractivity contribution in [3.63, 3.8) is 0 Å². The summed E-state index contributed by atoms with van der Waals surface area (Å²) in [5, 5.41) is 0. The van der Waals surface area contributed by atoms with E-state index in [4.69, 9.17) is 0 Å². The molecule has 1 aromatic rings. The van der Waals surface area contributed by atoms with Crippen LogP contribution in [0.2, 0.25) is 0 Å². The van der Waals surface area contributed by atoms with E-state index in [-0.39, 0.29) is 0 Å². The van der Waals surface area contributed by atoms with Crippen LogP contribution in [0.15, 0.2) is 24.3 Å². The van der Waals surface area contributed by atoms with Gasteiger partial charge in [0.25, 0.3) is 0 Å². The molecule has 0 spiro atoms. The van der Waals surface area contributed by atoms with Gasteiger partial charge in [-0.2, -0.15) is 0 Å². The lowest BCUT2D eigenvalue weighted by molar-refractivity contribution is -0.107. The quantitative estimate of drug-likeness (QED) is 0.497. The van der Waals surface area contributed by atoms with E-state index in [2.05, 4.69) is 25.1 Å². The second-order valence-electron chi connectivity index (χ2n) is 3.60. The molecule has 1 aromatic carbocycles. The largest absolute Gasteiger partial charge is 0.303 e.